The highest BCUT2D eigenvalue weighted by atomic mass is 32.2. The van der Waals surface area contributed by atoms with Crippen LogP contribution in [0.4, 0.5) is 0 Å². The number of hydrogen-bond acceptors (Lipinski definition) is 5. The van der Waals surface area contributed by atoms with E-state index in [9.17, 15) is 13.2 Å². The molecule has 2 unspecified atom stereocenters. The average molecular weight is 404 g/mol. The first-order valence-corrected chi connectivity index (χ1v) is 10.9. The number of unbranched alkanes of at least 4 members (excludes halogenated alkanes) is 1. The van der Waals surface area contributed by atoms with Crippen LogP contribution in [0.1, 0.15) is 56.2 Å². The van der Waals surface area contributed by atoms with E-state index in [4.69, 9.17) is 4.42 Å². The first-order chi connectivity index (χ1) is 13.3. The van der Waals surface area contributed by atoms with Gasteiger partial charge < -0.3 is 9.73 Å². The van der Waals surface area contributed by atoms with Crippen molar-refractivity contribution in [2.24, 2.45) is 4.99 Å². The summed E-state index contributed by atoms with van der Waals surface area (Å²) in [7, 11) is -3.64. The van der Waals surface area contributed by atoms with Gasteiger partial charge in [0.15, 0.2) is 0 Å². The Morgan fingerprint density at radius 2 is 2.00 bits per heavy atom. The molecule has 0 fully saturated rings. The Kier molecular flexibility index (Phi) is 5.88. The lowest BCUT2D eigenvalue weighted by molar-refractivity contribution is -0.123. The van der Waals surface area contributed by atoms with E-state index in [2.05, 4.69) is 15.0 Å². The van der Waals surface area contributed by atoms with Crippen molar-refractivity contribution in [3.8, 4) is 0 Å². The van der Waals surface area contributed by atoms with E-state index in [0.717, 1.165) is 18.6 Å². The van der Waals surface area contributed by atoms with Crippen molar-refractivity contribution in [3.63, 3.8) is 0 Å². The number of carbonyl (C=O) groups is 1. The third kappa shape index (κ3) is 4.27. The maximum Gasteiger partial charge on any atom is 0.263 e. The predicted molar refractivity (Wildman–Crippen MR) is 107 cm³/mol. The summed E-state index contributed by atoms with van der Waals surface area (Å²) in [4.78, 5) is 17.5. The second-order valence-electron chi connectivity index (χ2n) is 6.92. The first kappa shape index (κ1) is 20.1. The smallest absolute Gasteiger partial charge is 0.263 e. The lowest BCUT2D eigenvalue weighted by Crippen LogP contribution is -2.37. The van der Waals surface area contributed by atoms with E-state index in [-0.39, 0.29) is 22.7 Å². The Bertz CT molecular complexity index is 994. The molecule has 7 nitrogen and oxygen atoms in total. The van der Waals surface area contributed by atoms with Crippen LogP contribution in [0.25, 0.3) is 0 Å². The molecule has 1 aromatic heterocycles. The standard InChI is InChI=1S/C20H25N3O4S/c1-4-5-9-16(20(24)21-14(3)17-12-11-13(2)27-17)22-19-15-8-6-7-10-18(15)28(25,26)23-19/h6-8,10-12,14,16H,4-5,9H2,1-3H3,(H,21,24)(H,22,23). The Balaban J connectivity index is 1.84. The minimum Gasteiger partial charge on any atom is -0.464 e. The molecule has 150 valence electrons. The number of amides is 1. The van der Waals surface area contributed by atoms with Crippen LogP contribution in [0.5, 0.6) is 0 Å². The van der Waals surface area contributed by atoms with Gasteiger partial charge in [0, 0.05) is 5.56 Å². The number of benzene rings is 1. The van der Waals surface area contributed by atoms with Gasteiger partial charge in [-0.2, -0.15) is 0 Å². The largest absolute Gasteiger partial charge is 0.464 e. The number of aryl methyl sites for hydroxylation is 1. The number of carbonyl (C=O) groups excluding carboxylic acids is 1. The highest BCUT2D eigenvalue weighted by molar-refractivity contribution is 7.90. The van der Waals surface area contributed by atoms with Crippen molar-refractivity contribution >= 4 is 21.8 Å². The summed E-state index contributed by atoms with van der Waals surface area (Å²) < 4.78 is 32.6. The lowest BCUT2D eigenvalue weighted by atomic mass is 10.1. The Labute approximate surface area is 165 Å². The van der Waals surface area contributed by atoms with Crippen molar-refractivity contribution in [2.75, 3.05) is 0 Å². The van der Waals surface area contributed by atoms with Gasteiger partial charge in [-0.3, -0.25) is 14.5 Å². The molecule has 0 saturated carbocycles. The topological polar surface area (TPSA) is 101 Å². The highest BCUT2D eigenvalue weighted by Crippen LogP contribution is 2.23. The fourth-order valence-corrected chi connectivity index (χ4v) is 4.34. The maximum atomic E-state index is 12.9. The summed E-state index contributed by atoms with van der Waals surface area (Å²) in [5.41, 5.74) is 0.492. The van der Waals surface area contributed by atoms with E-state index >= 15 is 0 Å². The molecular formula is C20H25N3O4S. The second-order valence-corrected chi connectivity index (χ2v) is 8.57. The van der Waals surface area contributed by atoms with E-state index in [0.29, 0.717) is 17.7 Å². The second kappa shape index (κ2) is 8.18. The molecule has 1 aliphatic rings. The quantitative estimate of drug-likeness (QED) is 0.742. The number of amidine groups is 1. The van der Waals surface area contributed by atoms with E-state index in [1.807, 2.05) is 32.9 Å². The molecule has 2 aromatic rings. The molecule has 3 rings (SSSR count). The van der Waals surface area contributed by atoms with Gasteiger partial charge >= 0.3 is 0 Å². The molecule has 8 heteroatoms. The minimum absolute atomic E-state index is 0.183. The Morgan fingerprint density at radius 3 is 2.68 bits per heavy atom. The maximum absolute atomic E-state index is 12.9. The molecule has 2 atom stereocenters. The van der Waals surface area contributed by atoms with E-state index in [1.165, 1.54) is 6.07 Å². The van der Waals surface area contributed by atoms with E-state index in [1.54, 1.807) is 18.2 Å². The third-order valence-electron chi connectivity index (χ3n) is 4.63. The van der Waals surface area contributed by atoms with E-state index < -0.39 is 16.1 Å². The van der Waals surface area contributed by atoms with Crippen LogP contribution in [-0.2, 0) is 14.8 Å². The number of nitrogens with zero attached hydrogens (tertiary/aromatic N) is 1. The van der Waals surface area contributed by atoms with Gasteiger partial charge in [-0.1, -0.05) is 31.9 Å². The van der Waals surface area contributed by atoms with Crippen LogP contribution in [0.15, 0.2) is 50.7 Å². The number of aliphatic imine (C=N–C) groups is 1. The molecule has 0 aliphatic carbocycles. The molecule has 1 amide bonds. The molecule has 2 N–H and O–H groups in total. The third-order valence-corrected chi connectivity index (χ3v) is 6.03. The first-order valence-electron chi connectivity index (χ1n) is 9.38. The number of rotatable bonds is 7. The Morgan fingerprint density at radius 1 is 1.25 bits per heavy atom. The highest BCUT2D eigenvalue weighted by Gasteiger charge is 2.32. The molecule has 2 heterocycles. The number of furan rings is 1. The van der Waals surface area contributed by atoms with Gasteiger partial charge in [-0.25, -0.2) is 8.42 Å². The minimum atomic E-state index is -3.64. The zero-order valence-electron chi connectivity index (χ0n) is 16.2. The molecular weight excluding hydrogens is 378 g/mol. The van der Waals surface area contributed by atoms with Crippen LogP contribution < -0.4 is 10.0 Å². The SMILES string of the molecule is CCCCC(N=C1NS(=O)(=O)c2ccccc21)C(=O)NC(C)c1ccc(C)o1. The van der Waals surface area contributed by atoms with Gasteiger partial charge in [-0.15, -0.1) is 0 Å². The van der Waals surface area contributed by atoms with Crippen molar-refractivity contribution in [1.82, 2.24) is 10.0 Å². The molecule has 0 saturated heterocycles. The van der Waals surface area contributed by atoms with Crippen molar-refractivity contribution in [2.45, 2.75) is 57.0 Å². The summed E-state index contributed by atoms with van der Waals surface area (Å²) in [5.74, 6) is 1.40. The summed E-state index contributed by atoms with van der Waals surface area (Å²) in [5, 5.41) is 2.92. The molecule has 1 aromatic carbocycles. The predicted octanol–water partition coefficient (Wildman–Crippen LogP) is 3.06. The van der Waals surface area contributed by atoms with Crippen LogP contribution in [0, 0.1) is 6.92 Å². The monoisotopic (exact) mass is 403 g/mol. The van der Waals surface area contributed by atoms with Gasteiger partial charge in [0.2, 0.25) is 5.91 Å². The van der Waals surface area contributed by atoms with Crippen molar-refractivity contribution < 1.29 is 17.6 Å². The number of sulfonamides is 1. The summed E-state index contributed by atoms with van der Waals surface area (Å²) in [6.07, 6.45) is 2.24. The van der Waals surface area contributed by atoms with Crippen molar-refractivity contribution in [1.29, 1.82) is 0 Å². The summed E-state index contributed by atoms with van der Waals surface area (Å²) >= 11 is 0. The van der Waals surface area contributed by atoms with Gasteiger partial charge in [-0.05, 0) is 44.5 Å². The Hall–Kier alpha value is -2.61. The molecule has 0 spiro atoms. The van der Waals surface area contributed by atoms with Crippen LogP contribution in [-0.4, -0.2) is 26.2 Å². The molecule has 0 bridgehead atoms. The molecule has 1 aliphatic heterocycles. The van der Waals surface area contributed by atoms with Crippen LogP contribution in [0.3, 0.4) is 0 Å². The molecule has 28 heavy (non-hydrogen) atoms. The van der Waals surface area contributed by atoms with Crippen molar-refractivity contribution in [3.05, 3.63) is 53.5 Å². The average Bonchev–Trinajstić information content (AvgIpc) is 3.20. The number of fused-ring (bicyclic) bond motifs is 1. The normalized spacial score (nSPS) is 18.3. The zero-order chi connectivity index (χ0) is 20.3. The van der Waals surface area contributed by atoms with Crippen LogP contribution in [0.2, 0.25) is 0 Å². The summed E-state index contributed by atoms with van der Waals surface area (Å²) in [6.45, 7) is 5.72. The number of hydrogen-bond donors (Lipinski definition) is 2. The molecule has 0 radical (unpaired) electrons. The lowest BCUT2D eigenvalue weighted by Gasteiger charge is -2.17. The zero-order valence-corrected chi connectivity index (χ0v) is 17.0. The van der Waals surface area contributed by atoms with Crippen LogP contribution >= 0.6 is 0 Å². The van der Waals surface area contributed by atoms with Gasteiger partial charge in [0.05, 0.1) is 10.9 Å². The fraction of sp³-hybridized carbons (Fsp3) is 0.400. The fourth-order valence-electron chi connectivity index (χ4n) is 3.10. The van der Waals surface area contributed by atoms with Gasteiger partial charge in [0.1, 0.15) is 23.4 Å². The summed E-state index contributed by atoms with van der Waals surface area (Å²) in [6, 6.07) is 9.30. The number of nitrogens with one attached hydrogen (secondary N) is 2. The van der Waals surface area contributed by atoms with Gasteiger partial charge in [0.25, 0.3) is 10.0 Å².